The van der Waals surface area contributed by atoms with Crippen molar-refractivity contribution in [1.29, 1.82) is 0 Å². The van der Waals surface area contributed by atoms with Crippen molar-refractivity contribution >= 4 is 11.4 Å². The third kappa shape index (κ3) is 4.51. The number of carbonyl (C=O) groups is 1. The van der Waals surface area contributed by atoms with Gasteiger partial charge in [0.05, 0.1) is 29.6 Å². The zero-order valence-electron chi connectivity index (χ0n) is 21.0. The van der Waals surface area contributed by atoms with Crippen molar-refractivity contribution in [2.24, 2.45) is 5.92 Å². The van der Waals surface area contributed by atoms with Gasteiger partial charge in [0.1, 0.15) is 0 Å². The second-order valence-electron chi connectivity index (χ2n) is 10.5. The van der Waals surface area contributed by atoms with Crippen LogP contribution in [-0.4, -0.2) is 51.2 Å². The predicted octanol–water partition coefficient (Wildman–Crippen LogP) is 2.55. The SMILES string of the molecule is CN1CNNC1[C@@H](c1cccc(-n2cc3c(C(F)(F)F)cc(CN4CCC(=O)N4)cn3c2=O)c1)C1CCC1. The average Bonchev–Trinajstić information content (AvgIpc) is 3.54. The Morgan fingerprint density at radius 1 is 1.13 bits per heavy atom. The number of amides is 1. The van der Waals surface area contributed by atoms with Gasteiger partial charge in [0.2, 0.25) is 5.91 Å². The standard InChI is InChI=1S/C26H30F3N7O2/c1-33-15-30-31-24(33)23(17-4-2-5-17)18-6-3-7-19(11-18)35-14-21-20(26(27,28)29)10-16(13-36(21)25(35)38)12-34-9-8-22(37)32-34/h3,6-7,10-11,13-14,17,23-24,30-31H,2,4-5,8-9,12,15H2,1H3,(H,32,37)/t23-,24?/m1/s1. The van der Waals surface area contributed by atoms with Gasteiger partial charge < -0.3 is 0 Å². The summed E-state index contributed by atoms with van der Waals surface area (Å²) in [5, 5.41) is 1.55. The zero-order valence-corrected chi connectivity index (χ0v) is 21.0. The third-order valence-corrected chi connectivity index (χ3v) is 7.98. The second kappa shape index (κ2) is 9.53. The quantitative estimate of drug-likeness (QED) is 0.455. The molecule has 3 fully saturated rings. The maximum absolute atomic E-state index is 14.1. The predicted molar refractivity (Wildman–Crippen MR) is 134 cm³/mol. The molecule has 2 aromatic heterocycles. The molecule has 1 aromatic carbocycles. The number of hydrazine groups is 2. The van der Waals surface area contributed by atoms with E-state index in [2.05, 4.69) is 21.2 Å². The van der Waals surface area contributed by atoms with Crippen LogP contribution in [0.1, 0.15) is 48.3 Å². The third-order valence-electron chi connectivity index (χ3n) is 7.98. The Kier molecular flexibility index (Phi) is 6.29. The Hall–Kier alpha value is -3.19. The number of pyridine rings is 1. The van der Waals surface area contributed by atoms with E-state index in [1.54, 1.807) is 11.1 Å². The van der Waals surface area contributed by atoms with Crippen LogP contribution < -0.4 is 22.0 Å². The molecule has 202 valence electrons. The van der Waals surface area contributed by atoms with Crippen LogP contribution in [0.5, 0.6) is 0 Å². The summed E-state index contributed by atoms with van der Waals surface area (Å²) in [5.74, 6) is 0.477. The highest BCUT2D eigenvalue weighted by atomic mass is 19.4. The van der Waals surface area contributed by atoms with Crippen molar-refractivity contribution in [2.75, 3.05) is 20.3 Å². The number of imidazole rings is 1. The number of likely N-dealkylation sites (N-methyl/N-ethyl adjacent to an activating group) is 1. The topological polar surface area (TPSA) is 86.0 Å². The van der Waals surface area contributed by atoms with Crippen molar-refractivity contribution in [3.8, 4) is 5.69 Å². The van der Waals surface area contributed by atoms with E-state index in [-0.39, 0.29) is 42.0 Å². The number of fused-ring (bicyclic) bond motifs is 1. The fourth-order valence-corrected chi connectivity index (χ4v) is 5.85. The van der Waals surface area contributed by atoms with Crippen LogP contribution in [0.15, 0.2) is 47.5 Å². The molecule has 2 aliphatic heterocycles. The monoisotopic (exact) mass is 529 g/mol. The molecule has 0 spiro atoms. The smallest absolute Gasteiger partial charge is 0.289 e. The van der Waals surface area contributed by atoms with Crippen molar-refractivity contribution in [1.82, 2.24) is 35.2 Å². The number of hydrogen-bond donors (Lipinski definition) is 3. The lowest BCUT2D eigenvalue weighted by molar-refractivity contribution is -0.136. The Morgan fingerprint density at radius 2 is 1.95 bits per heavy atom. The molecule has 9 nitrogen and oxygen atoms in total. The molecular formula is C26H30F3N7O2. The molecule has 2 saturated heterocycles. The van der Waals surface area contributed by atoms with Gasteiger partial charge in [-0.3, -0.25) is 24.1 Å². The first-order valence-electron chi connectivity index (χ1n) is 12.9. The fraction of sp³-hybridized carbons (Fsp3) is 0.462. The number of nitrogens with zero attached hydrogens (tertiary/aromatic N) is 4. The summed E-state index contributed by atoms with van der Waals surface area (Å²) in [4.78, 5) is 27.2. The first-order chi connectivity index (χ1) is 18.2. The highest BCUT2D eigenvalue weighted by Crippen LogP contribution is 2.42. The van der Waals surface area contributed by atoms with Gasteiger partial charge in [0, 0.05) is 37.8 Å². The highest BCUT2D eigenvalue weighted by Gasteiger charge is 2.39. The fourth-order valence-electron chi connectivity index (χ4n) is 5.85. The van der Waals surface area contributed by atoms with Gasteiger partial charge in [-0.05, 0) is 55.1 Å². The molecule has 3 N–H and O–H groups in total. The molecule has 1 amide bonds. The van der Waals surface area contributed by atoms with Gasteiger partial charge in [-0.15, -0.1) is 0 Å². The summed E-state index contributed by atoms with van der Waals surface area (Å²) in [6.45, 7) is 1.17. The summed E-state index contributed by atoms with van der Waals surface area (Å²) < 4.78 is 44.7. The molecule has 38 heavy (non-hydrogen) atoms. The van der Waals surface area contributed by atoms with E-state index in [0.29, 0.717) is 24.8 Å². The molecule has 2 atom stereocenters. The number of hydrogen-bond acceptors (Lipinski definition) is 6. The van der Waals surface area contributed by atoms with Crippen LogP contribution in [0.25, 0.3) is 11.2 Å². The van der Waals surface area contributed by atoms with E-state index in [9.17, 15) is 22.8 Å². The molecule has 3 aliphatic rings. The lowest BCUT2D eigenvalue weighted by Gasteiger charge is -2.39. The van der Waals surface area contributed by atoms with Gasteiger partial charge in [-0.25, -0.2) is 20.7 Å². The summed E-state index contributed by atoms with van der Waals surface area (Å²) in [6.07, 6.45) is 1.81. The summed E-state index contributed by atoms with van der Waals surface area (Å²) in [6, 6.07) is 8.62. The van der Waals surface area contributed by atoms with E-state index in [1.165, 1.54) is 23.4 Å². The first-order valence-corrected chi connectivity index (χ1v) is 12.9. The van der Waals surface area contributed by atoms with Crippen LogP contribution in [0.2, 0.25) is 0 Å². The van der Waals surface area contributed by atoms with E-state index >= 15 is 0 Å². The normalized spacial score (nSPS) is 22.2. The molecule has 4 heterocycles. The van der Waals surface area contributed by atoms with Crippen molar-refractivity contribution < 1.29 is 18.0 Å². The Labute approximate surface area is 217 Å². The second-order valence-corrected chi connectivity index (χ2v) is 10.5. The Balaban J connectivity index is 1.41. The number of carbonyl (C=O) groups excluding carboxylic acids is 1. The largest absolute Gasteiger partial charge is 0.418 e. The number of benzene rings is 1. The number of nitrogens with one attached hydrogen (secondary N) is 3. The highest BCUT2D eigenvalue weighted by molar-refractivity contribution is 5.77. The summed E-state index contributed by atoms with van der Waals surface area (Å²) >= 11 is 0. The lowest BCUT2D eigenvalue weighted by Crippen LogP contribution is -2.44. The molecule has 1 aliphatic carbocycles. The average molecular weight is 530 g/mol. The maximum atomic E-state index is 14.1. The van der Waals surface area contributed by atoms with Crippen molar-refractivity contribution in [3.05, 3.63) is 69.9 Å². The number of aromatic nitrogens is 2. The molecular weight excluding hydrogens is 499 g/mol. The Morgan fingerprint density at radius 3 is 2.58 bits per heavy atom. The summed E-state index contributed by atoms with van der Waals surface area (Å²) in [5.41, 5.74) is 9.35. The van der Waals surface area contributed by atoms with Crippen LogP contribution in [0.3, 0.4) is 0 Å². The molecule has 0 radical (unpaired) electrons. The van der Waals surface area contributed by atoms with Gasteiger partial charge in [-0.2, -0.15) is 13.2 Å². The first kappa shape index (κ1) is 25.1. The molecule has 6 rings (SSSR count). The lowest BCUT2D eigenvalue weighted by atomic mass is 9.71. The molecule has 3 aromatic rings. The van der Waals surface area contributed by atoms with Crippen molar-refractivity contribution in [2.45, 2.75) is 50.5 Å². The van der Waals surface area contributed by atoms with Gasteiger partial charge in [0.15, 0.2) is 0 Å². The van der Waals surface area contributed by atoms with Crippen LogP contribution in [0.4, 0.5) is 13.2 Å². The van der Waals surface area contributed by atoms with Gasteiger partial charge >= 0.3 is 11.9 Å². The minimum absolute atomic E-state index is 0.0663. The number of halogens is 3. The summed E-state index contributed by atoms with van der Waals surface area (Å²) in [7, 11) is 2.04. The molecule has 1 unspecified atom stereocenters. The van der Waals surface area contributed by atoms with Crippen molar-refractivity contribution in [3.63, 3.8) is 0 Å². The molecule has 1 saturated carbocycles. The van der Waals surface area contributed by atoms with Gasteiger partial charge in [-0.1, -0.05) is 18.6 Å². The molecule has 0 bridgehead atoms. The van der Waals surface area contributed by atoms with E-state index in [4.69, 9.17) is 0 Å². The minimum atomic E-state index is -4.66. The van der Waals surface area contributed by atoms with Crippen LogP contribution >= 0.6 is 0 Å². The van der Waals surface area contributed by atoms with Crippen LogP contribution in [-0.2, 0) is 17.5 Å². The number of rotatable bonds is 6. The Bertz CT molecular complexity index is 1430. The maximum Gasteiger partial charge on any atom is 0.418 e. The number of alkyl halides is 3. The van der Waals surface area contributed by atoms with E-state index < -0.39 is 17.4 Å². The minimum Gasteiger partial charge on any atom is -0.289 e. The van der Waals surface area contributed by atoms with E-state index in [1.807, 2.05) is 25.2 Å². The van der Waals surface area contributed by atoms with Gasteiger partial charge in [0.25, 0.3) is 0 Å². The molecule has 12 heteroatoms. The van der Waals surface area contributed by atoms with Crippen LogP contribution in [0, 0.1) is 5.92 Å². The zero-order chi connectivity index (χ0) is 26.6. The van der Waals surface area contributed by atoms with E-state index in [0.717, 1.165) is 28.9 Å².